The van der Waals surface area contributed by atoms with E-state index in [2.05, 4.69) is 24.3 Å². The van der Waals surface area contributed by atoms with Crippen LogP contribution in [0.2, 0.25) is 0 Å². The van der Waals surface area contributed by atoms with Gasteiger partial charge in [-0.1, -0.05) is 54.6 Å². The molecule has 0 spiro atoms. The van der Waals surface area contributed by atoms with Crippen LogP contribution in [0.15, 0.2) is 54.6 Å². The third kappa shape index (κ3) is 1.97. The molecule has 0 aromatic heterocycles. The summed E-state index contributed by atoms with van der Waals surface area (Å²) in [5.74, 6) is -0.0728. The molecule has 0 saturated carbocycles. The first-order valence-electron chi connectivity index (χ1n) is 5.37. The highest BCUT2D eigenvalue weighted by molar-refractivity contribution is 5.68. The second-order valence-corrected chi connectivity index (χ2v) is 3.80. The van der Waals surface area contributed by atoms with Crippen LogP contribution in [0.25, 0.3) is 11.1 Å². The van der Waals surface area contributed by atoms with Crippen LogP contribution < -0.4 is 0 Å². The first kappa shape index (κ1) is 10.4. The Hall–Kier alpha value is -2.07. The smallest absolute Gasteiger partial charge is 0.0701 e. The van der Waals surface area contributed by atoms with Gasteiger partial charge in [-0.05, 0) is 23.6 Å². The minimum absolute atomic E-state index is 0.0728. The molecule has 2 aromatic carbocycles. The zero-order valence-corrected chi connectivity index (χ0v) is 9.22. The average Bonchev–Trinajstić information content (AvgIpc) is 2.39. The van der Waals surface area contributed by atoms with Gasteiger partial charge in [-0.2, -0.15) is 5.26 Å². The molecule has 2 rings (SSSR count). The van der Waals surface area contributed by atoms with Crippen LogP contribution in [0.1, 0.15) is 18.4 Å². The van der Waals surface area contributed by atoms with E-state index in [1.165, 1.54) is 5.56 Å². The fraction of sp³-hybridized carbons (Fsp3) is 0.133. The molecule has 0 aliphatic heterocycles. The van der Waals surface area contributed by atoms with Crippen LogP contribution in [0, 0.1) is 11.3 Å². The molecule has 78 valence electrons. The molecule has 1 atom stereocenters. The van der Waals surface area contributed by atoms with E-state index in [1.54, 1.807) is 0 Å². The molecule has 0 radical (unpaired) electrons. The Balaban J connectivity index is 2.54. The van der Waals surface area contributed by atoms with Gasteiger partial charge in [0.25, 0.3) is 0 Å². The van der Waals surface area contributed by atoms with Crippen LogP contribution in [0.3, 0.4) is 0 Å². The maximum atomic E-state index is 9.01. The molecule has 0 amide bonds. The van der Waals surface area contributed by atoms with Crippen molar-refractivity contribution in [2.45, 2.75) is 12.8 Å². The van der Waals surface area contributed by atoms with Gasteiger partial charge in [-0.15, -0.1) is 0 Å². The van der Waals surface area contributed by atoms with Crippen LogP contribution in [-0.4, -0.2) is 0 Å². The summed E-state index contributed by atoms with van der Waals surface area (Å²) >= 11 is 0. The maximum absolute atomic E-state index is 9.01. The lowest BCUT2D eigenvalue weighted by molar-refractivity contribution is 0.984. The van der Waals surface area contributed by atoms with Crippen LogP contribution in [-0.2, 0) is 0 Å². The quantitative estimate of drug-likeness (QED) is 0.730. The summed E-state index contributed by atoms with van der Waals surface area (Å²) in [4.78, 5) is 0. The van der Waals surface area contributed by atoms with Gasteiger partial charge in [0.15, 0.2) is 0 Å². The summed E-state index contributed by atoms with van der Waals surface area (Å²) in [6.45, 7) is 1.93. The van der Waals surface area contributed by atoms with Crippen LogP contribution in [0.4, 0.5) is 0 Å². The minimum atomic E-state index is -0.0728. The van der Waals surface area contributed by atoms with Crippen molar-refractivity contribution in [2.75, 3.05) is 0 Å². The summed E-state index contributed by atoms with van der Waals surface area (Å²) < 4.78 is 0. The standard InChI is InChI=1S/C15H13N/c1-12(11-16)14-9-5-6-10-15(14)13-7-3-2-4-8-13/h2-10,12H,1H3. The first-order valence-corrected chi connectivity index (χ1v) is 5.37. The van der Waals surface area contributed by atoms with E-state index < -0.39 is 0 Å². The Morgan fingerprint density at radius 1 is 0.938 bits per heavy atom. The monoisotopic (exact) mass is 207 g/mol. The van der Waals surface area contributed by atoms with E-state index in [-0.39, 0.29) is 5.92 Å². The zero-order valence-electron chi connectivity index (χ0n) is 9.22. The van der Waals surface area contributed by atoms with Gasteiger partial charge in [0.1, 0.15) is 0 Å². The van der Waals surface area contributed by atoms with E-state index in [0.717, 1.165) is 11.1 Å². The number of hydrogen-bond acceptors (Lipinski definition) is 1. The molecule has 0 N–H and O–H groups in total. The van der Waals surface area contributed by atoms with Crippen molar-refractivity contribution in [3.8, 4) is 17.2 Å². The van der Waals surface area contributed by atoms with Gasteiger partial charge in [0, 0.05) is 0 Å². The predicted molar refractivity (Wildman–Crippen MR) is 65.9 cm³/mol. The summed E-state index contributed by atoms with van der Waals surface area (Å²) in [5.41, 5.74) is 3.41. The zero-order chi connectivity index (χ0) is 11.4. The summed E-state index contributed by atoms with van der Waals surface area (Å²) in [6, 6.07) is 20.6. The Kier molecular flexibility index (Phi) is 3.03. The van der Waals surface area contributed by atoms with Gasteiger partial charge < -0.3 is 0 Å². The molecule has 0 aliphatic rings. The highest BCUT2D eigenvalue weighted by Crippen LogP contribution is 2.28. The molecule has 1 heteroatoms. The van der Waals surface area contributed by atoms with E-state index in [0.29, 0.717) is 0 Å². The Bertz CT molecular complexity index is 508. The average molecular weight is 207 g/mol. The molecular formula is C15H13N. The molecule has 0 aliphatic carbocycles. The van der Waals surface area contributed by atoms with Crippen molar-refractivity contribution in [1.29, 1.82) is 5.26 Å². The van der Waals surface area contributed by atoms with E-state index in [9.17, 15) is 0 Å². The number of nitriles is 1. The summed E-state index contributed by atoms with van der Waals surface area (Å²) in [7, 11) is 0. The Labute approximate surface area is 96.0 Å². The van der Waals surface area contributed by atoms with Gasteiger partial charge >= 0.3 is 0 Å². The Morgan fingerprint density at radius 3 is 2.25 bits per heavy atom. The Morgan fingerprint density at radius 2 is 1.56 bits per heavy atom. The summed E-state index contributed by atoms with van der Waals surface area (Å²) in [5, 5.41) is 9.01. The topological polar surface area (TPSA) is 23.8 Å². The van der Waals surface area contributed by atoms with Crippen molar-refractivity contribution in [2.24, 2.45) is 0 Å². The third-order valence-corrected chi connectivity index (χ3v) is 2.71. The van der Waals surface area contributed by atoms with Gasteiger partial charge in [0.05, 0.1) is 12.0 Å². The minimum Gasteiger partial charge on any atom is -0.198 e. The number of nitrogens with zero attached hydrogens (tertiary/aromatic N) is 1. The lowest BCUT2D eigenvalue weighted by Crippen LogP contribution is -1.93. The van der Waals surface area contributed by atoms with Crippen LogP contribution >= 0.6 is 0 Å². The van der Waals surface area contributed by atoms with Gasteiger partial charge in [-0.25, -0.2) is 0 Å². The second-order valence-electron chi connectivity index (χ2n) is 3.80. The van der Waals surface area contributed by atoms with Crippen molar-refractivity contribution in [3.05, 3.63) is 60.2 Å². The van der Waals surface area contributed by atoms with Crippen molar-refractivity contribution < 1.29 is 0 Å². The molecule has 0 heterocycles. The number of hydrogen-bond donors (Lipinski definition) is 0. The summed E-state index contributed by atoms with van der Waals surface area (Å²) in [6.07, 6.45) is 0. The molecule has 0 bridgehead atoms. The SMILES string of the molecule is CC(C#N)c1ccccc1-c1ccccc1. The highest BCUT2D eigenvalue weighted by Gasteiger charge is 2.09. The van der Waals surface area contributed by atoms with Gasteiger partial charge in [-0.3, -0.25) is 0 Å². The predicted octanol–water partition coefficient (Wildman–Crippen LogP) is 3.98. The molecular weight excluding hydrogens is 194 g/mol. The number of benzene rings is 2. The normalized spacial score (nSPS) is 11.8. The van der Waals surface area contributed by atoms with Crippen LogP contribution in [0.5, 0.6) is 0 Å². The van der Waals surface area contributed by atoms with Gasteiger partial charge in [0.2, 0.25) is 0 Å². The highest BCUT2D eigenvalue weighted by atomic mass is 14.3. The molecule has 1 nitrogen and oxygen atoms in total. The van der Waals surface area contributed by atoms with E-state index in [1.807, 2.05) is 43.3 Å². The molecule has 0 saturated heterocycles. The van der Waals surface area contributed by atoms with Crippen molar-refractivity contribution in [3.63, 3.8) is 0 Å². The van der Waals surface area contributed by atoms with Crippen molar-refractivity contribution in [1.82, 2.24) is 0 Å². The first-order chi connectivity index (χ1) is 7.83. The molecule has 16 heavy (non-hydrogen) atoms. The number of rotatable bonds is 2. The molecule has 0 fully saturated rings. The largest absolute Gasteiger partial charge is 0.198 e. The lowest BCUT2D eigenvalue weighted by atomic mass is 9.92. The van der Waals surface area contributed by atoms with Crippen molar-refractivity contribution >= 4 is 0 Å². The van der Waals surface area contributed by atoms with E-state index in [4.69, 9.17) is 5.26 Å². The maximum Gasteiger partial charge on any atom is 0.0701 e. The fourth-order valence-corrected chi connectivity index (χ4v) is 1.82. The lowest BCUT2D eigenvalue weighted by Gasteiger charge is -2.10. The molecule has 1 unspecified atom stereocenters. The van der Waals surface area contributed by atoms with E-state index >= 15 is 0 Å². The fourth-order valence-electron chi connectivity index (χ4n) is 1.82. The third-order valence-electron chi connectivity index (χ3n) is 2.71. The molecule has 2 aromatic rings. The second kappa shape index (κ2) is 4.63.